The van der Waals surface area contributed by atoms with Crippen LogP contribution in [0.5, 0.6) is 0 Å². The third-order valence-corrected chi connectivity index (χ3v) is 6.83. The van der Waals surface area contributed by atoms with E-state index in [1.54, 1.807) is 0 Å². The maximum atomic E-state index is 10.5. The van der Waals surface area contributed by atoms with Crippen LogP contribution in [0.1, 0.15) is 104 Å². The molecule has 2 atom stereocenters. The van der Waals surface area contributed by atoms with Crippen LogP contribution >= 0.6 is 0 Å². The second-order valence-electron chi connectivity index (χ2n) is 10.4. The molecule has 0 saturated heterocycles. The van der Waals surface area contributed by atoms with Crippen LogP contribution in [-0.4, -0.2) is 44.3 Å². The lowest BCUT2D eigenvalue weighted by molar-refractivity contribution is -0.138. The maximum Gasteiger partial charge on any atom is 0.303 e. The smallest absolute Gasteiger partial charge is 0.303 e. The second-order valence-corrected chi connectivity index (χ2v) is 10.4. The molecule has 12 heteroatoms. The van der Waals surface area contributed by atoms with E-state index in [4.69, 9.17) is 20.7 Å². The Morgan fingerprint density at radius 2 is 1.00 bits per heavy atom. The van der Waals surface area contributed by atoms with Gasteiger partial charge >= 0.3 is 11.9 Å². The van der Waals surface area contributed by atoms with Crippen LogP contribution in [0.2, 0.25) is 0 Å². The summed E-state index contributed by atoms with van der Waals surface area (Å²) in [6, 6.07) is 8.35. The van der Waals surface area contributed by atoms with Crippen LogP contribution in [-0.2, 0) is 9.59 Å². The van der Waals surface area contributed by atoms with E-state index >= 15 is 0 Å². The van der Waals surface area contributed by atoms with Gasteiger partial charge in [-0.1, -0.05) is 12.8 Å². The Hall–Kier alpha value is -3.90. The van der Waals surface area contributed by atoms with E-state index < -0.39 is 34.1 Å². The van der Waals surface area contributed by atoms with Gasteiger partial charge in [0.05, 0.1) is 24.3 Å². The zero-order valence-electron chi connectivity index (χ0n) is 22.2. The molecule has 0 heterocycles. The first-order valence-corrected chi connectivity index (χ1v) is 12.9. The minimum Gasteiger partial charge on any atom is -0.481 e. The number of hydrogen-bond acceptors (Lipinski definition) is 10. The van der Waals surface area contributed by atoms with Gasteiger partial charge in [0, 0.05) is 12.8 Å². The van der Waals surface area contributed by atoms with Crippen LogP contribution in [0, 0.1) is 45.3 Å². The van der Waals surface area contributed by atoms with Gasteiger partial charge in [-0.25, -0.2) is 0 Å². The average Bonchev–Trinajstić information content (AvgIpc) is 2.94. The maximum absolute atomic E-state index is 10.5. The van der Waals surface area contributed by atoms with Gasteiger partial charge in [0.1, 0.15) is 0 Å². The summed E-state index contributed by atoms with van der Waals surface area (Å²) in [7, 11) is 0. The molecule has 0 aliphatic heterocycles. The fraction of sp³-hybridized carbons (Fsp3) is 0.769. The van der Waals surface area contributed by atoms with Crippen LogP contribution in [0.15, 0.2) is 20.5 Å². The largest absolute Gasteiger partial charge is 0.481 e. The van der Waals surface area contributed by atoms with Crippen molar-refractivity contribution in [1.82, 2.24) is 0 Å². The minimum atomic E-state index is -1.35. The minimum absolute atomic E-state index is 0.0389. The summed E-state index contributed by atoms with van der Waals surface area (Å²) < 4.78 is 0. The van der Waals surface area contributed by atoms with Crippen molar-refractivity contribution in [3.05, 3.63) is 0 Å². The molecule has 2 saturated carbocycles. The monoisotopic (exact) mass is 524 g/mol. The van der Waals surface area contributed by atoms with Crippen LogP contribution in [0.4, 0.5) is 0 Å². The lowest BCUT2D eigenvalue weighted by Gasteiger charge is -2.29. The number of nitriles is 4. The van der Waals surface area contributed by atoms with Crippen molar-refractivity contribution >= 4 is 11.9 Å². The van der Waals surface area contributed by atoms with Crippen molar-refractivity contribution in [2.75, 3.05) is 0 Å². The van der Waals surface area contributed by atoms with Gasteiger partial charge in [-0.05, 0) is 78.1 Å². The fourth-order valence-electron chi connectivity index (χ4n) is 4.11. The molecule has 2 aliphatic carbocycles. The Kier molecular flexibility index (Phi) is 12.5. The number of hydrogen-bond donors (Lipinski definition) is 2. The number of nitrogens with zero attached hydrogens (tertiary/aromatic N) is 8. The van der Waals surface area contributed by atoms with Crippen molar-refractivity contribution < 1.29 is 19.8 Å². The highest BCUT2D eigenvalue weighted by molar-refractivity contribution is 5.67. The van der Waals surface area contributed by atoms with Gasteiger partial charge in [-0.3, -0.25) is 9.59 Å². The number of aliphatic carboxylic acids is 2. The second kappa shape index (κ2) is 14.7. The third-order valence-electron chi connectivity index (χ3n) is 6.83. The number of carbonyl (C=O) groups is 2. The Balaban J connectivity index is 0.000000381. The number of rotatable bonds is 10. The van der Waals surface area contributed by atoms with Gasteiger partial charge in [-0.15, -0.1) is 0 Å². The van der Waals surface area contributed by atoms with E-state index in [0.29, 0.717) is 0 Å². The van der Waals surface area contributed by atoms with E-state index in [2.05, 4.69) is 32.6 Å². The topological polar surface area (TPSA) is 219 Å². The number of azo groups is 2. The standard InChI is InChI=1S/C14H20N4.C12H16N4O4/c15-11-13(7-3-1-4-8-13)17-18-14(12-16)9-5-2-6-10-14;1-11(7-13,5-3-9(17)18)15-16-12(2,8-14)6-4-10(19)20/h1-10H2;3-6H2,1-2H3,(H,17,18)(H,19,20). The van der Waals surface area contributed by atoms with Gasteiger partial charge < -0.3 is 10.2 Å². The lowest BCUT2D eigenvalue weighted by Crippen LogP contribution is -2.31. The van der Waals surface area contributed by atoms with Gasteiger partial charge in [0.25, 0.3) is 0 Å². The third kappa shape index (κ3) is 10.6. The Morgan fingerprint density at radius 3 is 1.24 bits per heavy atom. The molecular weight excluding hydrogens is 488 g/mol. The summed E-state index contributed by atoms with van der Waals surface area (Å²) in [5, 5.41) is 70.1. The zero-order chi connectivity index (χ0) is 28.7. The molecule has 0 aromatic rings. The highest BCUT2D eigenvalue weighted by Crippen LogP contribution is 2.36. The van der Waals surface area contributed by atoms with Crippen LogP contribution < -0.4 is 0 Å². The molecule has 2 fully saturated rings. The molecule has 0 aromatic heterocycles. The first-order chi connectivity index (χ1) is 17.9. The molecule has 38 heavy (non-hydrogen) atoms. The molecule has 204 valence electrons. The SMILES string of the molecule is CC(C#N)(CCC(=O)O)N=NC(C)(C#N)CCC(=O)O.N#CC1(N=NC2(C#N)CCCCC2)CCCCC1. The van der Waals surface area contributed by atoms with Gasteiger partial charge in [0.15, 0.2) is 22.2 Å². The highest BCUT2D eigenvalue weighted by atomic mass is 16.4. The van der Waals surface area contributed by atoms with Crippen molar-refractivity contribution in [2.24, 2.45) is 20.5 Å². The number of carboxylic acids is 2. The normalized spacial score (nSPS) is 21.2. The molecule has 2 unspecified atom stereocenters. The van der Waals surface area contributed by atoms with Gasteiger partial charge in [0.2, 0.25) is 0 Å². The highest BCUT2D eigenvalue weighted by Gasteiger charge is 2.36. The molecule has 0 spiro atoms. The molecular formula is C26H36N8O4. The molecule has 0 bridgehead atoms. The summed E-state index contributed by atoms with van der Waals surface area (Å²) in [6.45, 7) is 2.82. The van der Waals surface area contributed by atoms with E-state index in [9.17, 15) is 20.1 Å². The summed E-state index contributed by atoms with van der Waals surface area (Å²) >= 11 is 0. The Labute approximate surface area is 223 Å². The summed E-state index contributed by atoms with van der Waals surface area (Å²) in [4.78, 5) is 21.0. The molecule has 0 radical (unpaired) electrons. The van der Waals surface area contributed by atoms with Crippen LogP contribution in [0.25, 0.3) is 0 Å². The van der Waals surface area contributed by atoms with Crippen molar-refractivity contribution in [2.45, 2.75) is 126 Å². The van der Waals surface area contributed by atoms with E-state index in [-0.39, 0.29) is 25.7 Å². The number of carboxylic acid groups (broad SMARTS) is 2. The Bertz CT molecular complexity index is 967. The summed E-state index contributed by atoms with van der Waals surface area (Å²) in [6.07, 6.45) is 9.18. The molecule has 0 amide bonds. The predicted octanol–water partition coefficient (Wildman–Crippen LogP) is 5.62. The molecule has 0 aromatic carbocycles. The first kappa shape index (κ1) is 32.1. The average molecular weight is 525 g/mol. The molecule has 2 rings (SSSR count). The molecule has 12 nitrogen and oxygen atoms in total. The zero-order valence-corrected chi connectivity index (χ0v) is 22.2. The Morgan fingerprint density at radius 1 is 0.684 bits per heavy atom. The van der Waals surface area contributed by atoms with Crippen molar-refractivity contribution in [1.29, 1.82) is 21.0 Å². The first-order valence-electron chi connectivity index (χ1n) is 12.9. The lowest BCUT2D eigenvalue weighted by atomic mass is 9.82. The summed E-state index contributed by atoms with van der Waals surface area (Å²) in [5.41, 5.74) is -3.97. The molecule has 2 N–H and O–H groups in total. The fourth-order valence-corrected chi connectivity index (χ4v) is 4.11. The predicted molar refractivity (Wildman–Crippen MR) is 134 cm³/mol. The van der Waals surface area contributed by atoms with E-state index in [1.807, 2.05) is 12.1 Å². The van der Waals surface area contributed by atoms with Gasteiger partial charge in [-0.2, -0.15) is 41.5 Å². The quantitative estimate of drug-likeness (QED) is 0.340. The van der Waals surface area contributed by atoms with E-state index in [0.717, 1.165) is 51.4 Å². The molecule has 2 aliphatic rings. The van der Waals surface area contributed by atoms with E-state index in [1.165, 1.54) is 26.7 Å². The van der Waals surface area contributed by atoms with Crippen molar-refractivity contribution in [3.8, 4) is 24.3 Å². The van der Waals surface area contributed by atoms with Crippen molar-refractivity contribution in [3.63, 3.8) is 0 Å². The van der Waals surface area contributed by atoms with Crippen LogP contribution in [0.3, 0.4) is 0 Å². The summed E-state index contributed by atoms with van der Waals surface area (Å²) in [5.74, 6) is -2.12.